The summed E-state index contributed by atoms with van der Waals surface area (Å²) in [5.74, 6) is 0.167. The topological polar surface area (TPSA) is 116 Å². The number of carbonyl (C=O) groups is 1. The summed E-state index contributed by atoms with van der Waals surface area (Å²) >= 11 is 1.27. The van der Waals surface area contributed by atoms with E-state index in [4.69, 9.17) is 15.2 Å². The van der Waals surface area contributed by atoms with Crippen molar-refractivity contribution in [2.45, 2.75) is 18.4 Å². The number of aromatic nitrogens is 2. The van der Waals surface area contributed by atoms with Crippen LogP contribution in [-0.2, 0) is 11.3 Å². The third kappa shape index (κ3) is 4.77. The van der Waals surface area contributed by atoms with Crippen LogP contribution in [-0.4, -0.2) is 41.4 Å². The van der Waals surface area contributed by atoms with Gasteiger partial charge in [0.15, 0.2) is 5.78 Å². The molecule has 0 atom stereocenters. The van der Waals surface area contributed by atoms with Crippen molar-refractivity contribution in [1.82, 2.24) is 9.55 Å². The van der Waals surface area contributed by atoms with E-state index in [1.807, 2.05) is 31.2 Å². The monoisotopic (exact) mass is 379 g/mol. The zero-order valence-corrected chi connectivity index (χ0v) is 15.4. The lowest BCUT2D eigenvalue weighted by atomic mass is 10.2. The second-order valence-corrected chi connectivity index (χ2v) is 6.33. The van der Waals surface area contributed by atoms with E-state index in [2.05, 4.69) is 4.98 Å². The number of Topliss-reactive ketones (excluding diaryl/α,β-unsaturated/α-hetero) is 1. The fourth-order valence-electron chi connectivity index (χ4n) is 2.28. The lowest BCUT2D eigenvalue weighted by molar-refractivity contribution is 0.102. The Hall–Kier alpha value is -2.52. The van der Waals surface area contributed by atoms with Crippen molar-refractivity contribution in [1.29, 1.82) is 0 Å². The van der Waals surface area contributed by atoms with Crippen LogP contribution in [0.4, 0.5) is 5.82 Å². The van der Waals surface area contributed by atoms with Gasteiger partial charge in [0.1, 0.15) is 17.1 Å². The first-order chi connectivity index (χ1) is 12.5. The highest BCUT2D eigenvalue weighted by Gasteiger charge is 2.19. The van der Waals surface area contributed by atoms with Crippen molar-refractivity contribution >= 4 is 23.4 Å². The van der Waals surface area contributed by atoms with E-state index in [-0.39, 0.29) is 30.3 Å². The molecule has 2 aromatic rings. The Kier molecular flexibility index (Phi) is 7.05. The van der Waals surface area contributed by atoms with Gasteiger partial charge in [-0.15, -0.1) is 11.8 Å². The van der Waals surface area contributed by atoms with Crippen LogP contribution in [0.3, 0.4) is 0 Å². The molecule has 1 aromatic carbocycles. The minimum absolute atomic E-state index is 0.0176. The molecule has 2 rings (SSSR count). The van der Waals surface area contributed by atoms with E-state index in [0.717, 1.165) is 15.2 Å². The number of carbonyl (C=O) groups excluding carboxylic acids is 1. The van der Waals surface area contributed by atoms with Crippen LogP contribution < -0.4 is 21.7 Å². The lowest BCUT2D eigenvalue weighted by Gasteiger charge is -2.11. The average Bonchev–Trinajstić information content (AvgIpc) is 2.61. The summed E-state index contributed by atoms with van der Waals surface area (Å²) in [7, 11) is 1.48. The summed E-state index contributed by atoms with van der Waals surface area (Å²) in [5.41, 5.74) is 4.23. The SMILES string of the molecule is CCOc1ccc(SCC(=O)c2c(N)n(CCOC)c(=O)[nH]c2=O)cc1. The third-order valence-electron chi connectivity index (χ3n) is 3.54. The van der Waals surface area contributed by atoms with Gasteiger partial charge in [-0.1, -0.05) is 0 Å². The number of nitrogens with zero attached hydrogens (tertiary/aromatic N) is 1. The molecule has 0 radical (unpaired) electrons. The fourth-order valence-corrected chi connectivity index (χ4v) is 3.05. The number of nitrogens with one attached hydrogen (secondary N) is 1. The molecular weight excluding hydrogens is 358 g/mol. The van der Waals surface area contributed by atoms with Crippen LogP contribution >= 0.6 is 11.8 Å². The Bertz CT molecular complexity index is 873. The quantitative estimate of drug-likeness (QED) is 0.496. The van der Waals surface area contributed by atoms with E-state index in [9.17, 15) is 14.4 Å². The molecule has 0 amide bonds. The van der Waals surface area contributed by atoms with Crippen LogP contribution in [0.1, 0.15) is 17.3 Å². The van der Waals surface area contributed by atoms with Gasteiger partial charge in [0.05, 0.1) is 25.5 Å². The van der Waals surface area contributed by atoms with Crippen LogP contribution in [0.15, 0.2) is 38.8 Å². The number of methoxy groups -OCH3 is 1. The van der Waals surface area contributed by atoms with E-state index < -0.39 is 17.0 Å². The second kappa shape index (κ2) is 9.25. The summed E-state index contributed by atoms with van der Waals surface area (Å²) < 4.78 is 11.4. The molecule has 0 fully saturated rings. The zero-order chi connectivity index (χ0) is 19.1. The zero-order valence-electron chi connectivity index (χ0n) is 14.6. The first-order valence-corrected chi connectivity index (χ1v) is 8.96. The number of ether oxygens (including phenoxy) is 2. The van der Waals surface area contributed by atoms with Gasteiger partial charge in [0, 0.05) is 12.0 Å². The highest BCUT2D eigenvalue weighted by atomic mass is 32.2. The maximum Gasteiger partial charge on any atom is 0.330 e. The first-order valence-electron chi connectivity index (χ1n) is 7.98. The minimum atomic E-state index is -0.779. The standard InChI is InChI=1S/C17H21N3O5S/c1-3-25-11-4-6-12(7-5-11)26-10-13(21)14-15(18)20(8-9-24-2)17(23)19-16(14)22/h4-7H,3,8-10,18H2,1-2H3,(H,19,22,23). The highest BCUT2D eigenvalue weighted by molar-refractivity contribution is 8.00. The van der Waals surface area contributed by atoms with Gasteiger partial charge in [0.25, 0.3) is 5.56 Å². The number of thioether (sulfide) groups is 1. The van der Waals surface area contributed by atoms with Gasteiger partial charge in [-0.05, 0) is 31.2 Å². The number of nitrogen functional groups attached to an aromatic ring is 1. The number of hydrogen-bond acceptors (Lipinski definition) is 7. The highest BCUT2D eigenvalue weighted by Crippen LogP contribution is 2.22. The molecular formula is C17H21N3O5S. The van der Waals surface area contributed by atoms with Gasteiger partial charge >= 0.3 is 5.69 Å². The molecule has 1 heterocycles. The Labute approximate surface area is 154 Å². The Balaban J connectivity index is 2.16. The normalized spacial score (nSPS) is 10.7. The minimum Gasteiger partial charge on any atom is -0.494 e. The molecule has 3 N–H and O–H groups in total. The van der Waals surface area contributed by atoms with Crippen molar-refractivity contribution in [3.8, 4) is 5.75 Å². The van der Waals surface area contributed by atoms with Gasteiger partial charge in [-0.2, -0.15) is 0 Å². The fraction of sp³-hybridized carbons (Fsp3) is 0.353. The molecule has 9 heteroatoms. The average molecular weight is 379 g/mol. The number of rotatable bonds is 9. The number of nitrogens with two attached hydrogens (primary N) is 1. The number of aromatic amines is 1. The molecule has 0 bridgehead atoms. The molecule has 26 heavy (non-hydrogen) atoms. The largest absolute Gasteiger partial charge is 0.494 e. The Morgan fingerprint density at radius 1 is 1.27 bits per heavy atom. The van der Waals surface area contributed by atoms with Crippen LogP contribution in [0, 0.1) is 0 Å². The predicted molar refractivity (Wildman–Crippen MR) is 100 cm³/mol. The van der Waals surface area contributed by atoms with Crippen molar-refractivity contribution in [3.05, 3.63) is 50.7 Å². The molecule has 8 nitrogen and oxygen atoms in total. The number of H-pyrrole nitrogens is 1. The molecule has 0 aliphatic rings. The molecule has 0 aliphatic carbocycles. The Morgan fingerprint density at radius 3 is 2.58 bits per heavy atom. The summed E-state index contributed by atoms with van der Waals surface area (Å²) in [6.07, 6.45) is 0. The number of benzene rings is 1. The summed E-state index contributed by atoms with van der Waals surface area (Å²) in [5, 5.41) is 0. The molecule has 0 unspecified atom stereocenters. The van der Waals surface area contributed by atoms with Crippen LogP contribution in [0.25, 0.3) is 0 Å². The van der Waals surface area contributed by atoms with Gasteiger partial charge in [0.2, 0.25) is 0 Å². The van der Waals surface area contributed by atoms with Gasteiger partial charge < -0.3 is 15.2 Å². The van der Waals surface area contributed by atoms with E-state index in [1.165, 1.54) is 18.9 Å². The summed E-state index contributed by atoms with van der Waals surface area (Å²) in [4.78, 5) is 39.3. The first kappa shape index (κ1) is 19.8. The summed E-state index contributed by atoms with van der Waals surface area (Å²) in [6.45, 7) is 2.84. The molecule has 0 aliphatic heterocycles. The van der Waals surface area contributed by atoms with Crippen molar-refractivity contribution < 1.29 is 14.3 Å². The van der Waals surface area contributed by atoms with E-state index in [0.29, 0.717) is 6.61 Å². The van der Waals surface area contributed by atoms with Crippen LogP contribution in [0.5, 0.6) is 5.75 Å². The molecule has 0 spiro atoms. The molecule has 0 saturated carbocycles. The Morgan fingerprint density at radius 2 is 1.96 bits per heavy atom. The second-order valence-electron chi connectivity index (χ2n) is 5.28. The molecule has 140 valence electrons. The summed E-state index contributed by atoms with van der Waals surface area (Å²) in [6, 6.07) is 7.27. The van der Waals surface area contributed by atoms with Gasteiger partial charge in [-0.25, -0.2) is 4.79 Å². The molecule has 0 saturated heterocycles. The number of hydrogen-bond donors (Lipinski definition) is 2. The predicted octanol–water partition coefficient (Wildman–Crippen LogP) is 1.14. The van der Waals surface area contributed by atoms with Crippen molar-refractivity contribution in [2.75, 3.05) is 31.8 Å². The maximum absolute atomic E-state index is 12.5. The smallest absolute Gasteiger partial charge is 0.330 e. The molecule has 1 aromatic heterocycles. The number of anilines is 1. The number of ketones is 1. The van der Waals surface area contributed by atoms with Crippen molar-refractivity contribution in [2.24, 2.45) is 0 Å². The third-order valence-corrected chi connectivity index (χ3v) is 4.55. The van der Waals surface area contributed by atoms with Crippen molar-refractivity contribution in [3.63, 3.8) is 0 Å². The van der Waals surface area contributed by atoms with E-state index in [1.54, 1.807) is 0 Å². The maximum atomic E-state index is 12.5. The van der Waals surface area contributed by atoms with Crippen LogP contribution in [0.2, 0.25) is 0 Å². The van der Waals surface area contributed by atoms with E-state index >= 15 is 0 Å². The van der Waals surface area contributed by atoms with Gasteiger partial charge in [-0.3, -0.25) is 19.1 Å². The lowest BCUT2D eigenvalue weighted by Crippen LogP contribution is -2.37.